The van der Waals surface area contributed by atoms with E-state index in [0.717, 1.165) is 41.9 Å². The summed E-state index contributed by atoms with van der Waals surface area (Å²) in [4.78, 5) is 17.2. The first-order valence-electron chi connectivity index (χ1n) is 9.45. The molecule has 2 heterocycles. The molecule has 0 aliphatic rings. The molecular formula is C20H26N4O2S. The van der Waals surface area contributed by atoms with Crippen molar-refractivity contribution < 1.29 is 9.53 Å². The Morgan fingerprint density at radius 2 is 2.07 bits per heavy atom. The van der Waals surface area contributed by atoms with Crippen LogP contribution in [0.1, 0.15) is 45.1 Å². The highest BCUT2D eigenvalue weighted by atomic mass is 32.1. The van der Waals surface area contributed by atoms with Gasteiger partial charge in [-0.3, -0.25) is 5.32 Å². The monoisotopic (exact) mass is 386 g/mol. The number of thiazole rings is 1. The first kappa shape index (κ1) is 19.4. The fourth-order valence-corrected chi connectivity index (χ4v) is 3.71. The van der Waals surface area contributed by atoms with E-state index >= 15 is 0 Å². The molecule has 0 aliphatic carbocycles. The summed E-state index contributed by atoms with van der Waals surface area (Å²) in [5.74, 6) is 0.670. The average Bonchev–Trinajstić information content (AvgIpc) is 3.23. The van der Waals surface area contributed by atoms with Crippen molar-refractivity contribution in [2.45, 2.75) is 46.5 Å². The van der Waals surface area contributed by atoms with Gasteiger partial charge in [0.1, 0.15) is 0 Å². The van der Waals surface area contributed by atoms with E-state index in [0.29, 0.717) is 12.5 Å². The van der Waals surface area contributed by atoms with Crippen LogP contribution in [0, 0.1) is 12.8 Å². The van der Waals surface area contributed by atoms with Crippen LogP contribution in [-0.4, -0.2) is 27.3 Å². The maximum Gasteiger partial charge on any atom is 0.414 e. The lowest BCUT2D eigenvalue weighted by molar-refractivity contribution is 0.136. The molecule has 1 amide bonds. The van der Waals surface area contributed by atoms with Gasteiger partial charge in [-0.25, -0.2) is 9.31 Å². The van der Waals surface area contributed by atoms with Crippen LogP contribution in [0.3, 0.4) is 0 Å². The van der Waals surface area contributed by atoms with Gasteiger partial charge < -0.3 is 4.74 Å². The summed E-state index contributed by atoms with van der Waals surface area (Å²) in [6, 6.07) is 8.24. The molecule has 7 heteroatoms. The van der Waals surface area contributed by atoms with E-state index in [1.165, 1.54) is 16.9 Å². The molecule has 1 atom stereocenters. The molecule has 3 rings (SSSR count). The Labute approximate surface area is 163 Å². The molecule has 144 valence electrons. The van der Waals surface area contributed by atoms with E-state index < -0.39 is 6.09 Å². The molecule has 1 N–H and O–H groups in total. The summed E-state index contributed by atoms with van der Waals surface area (Å²) in [6.07, 6.45) is 3.90. The Morgan fingerprint density at radius 1 is 1.30 bits per heavy atom. The highest BCUT2D eigenvalue weighted by Gasteiger charge is 2.15. The van der Waals surface area contributed by atoms with Crippen molar-refractivity contribution in [3.05, 3.63) is 35.2 Å². The Morgan fingerprint density at radius 3 is 2.78 bits per heavy atom. The summed E-state index contributed by atoms with van der Waals surface area (Å²) in [6.45, 7) is 6.78. The quantitative estimate of drug-likeness (QED) is 0.552. The molecular weight excluding hydrogens is 360 g/mol. The Balaban J connectivity index is 1.64. The standard InChI is InChI=1S/C20H26N4O2S/c1-4-6-7-15(5-2)12-26-20(25)22-18-21-19-24(23-18)17(13-27-19)16-10-8-14(3)9-11-16/h8-11,13,15H,4-7,12H2,1-3H3,(H,22,23,25). The van der Waals surface area contributed by atoms with Crippen LogP contribution >= 0.6 is 11.3 Å². The molecule has 2 aromatic heterocycles. The maximum absolute atomic E-state index is 12.1. The lowest BCUT2D eigenvalue weighted by atomic mass is 10.0. The summed E-state index contributed by atoms with van der Waals surface area (Å²) in [5, 5.41) is 9.07. The highest BCUT2D eigenvalue weighted by molar-refractivity contribution is 7.15. The largest absolute Gasteiger partial charge is 0.449 e. The van der Waals surface area contributed by atoms with Gasteiger partial charge in [0.15, 0.2) is 0 Å². The third kappa shape index (κ3) is 4.86. The molecule has 0 aliphatic heterocycles. The summed E-state index contributed by atoms with van der Waals surface area (Å²) >= 11 is 1.49. The maximum atomic E-state index is 12.1. The van der Waals surface area contributed by atoms with E-state index in [2.05, 4.69) is 60.4 Å². The van der Waals surface area contributed by atoms with Gasteiger partial charge in [0.05, 0.1) is 12.3 Å². The Kier molecular flexibility index (Phi) is 6.45. The smallest absolute Gasteiger partial charge is 0.414 e. The van der Waals surface area contributed by atoms with Gasteiger partial charge in [-0.1, -0.05) is 62.9 Å². The van der Waals surface area contributed by atoms with Crippen LogP contribution in [-0.2, 0) is 4.74 Å². The van der Waals surface area contributed by atoms with Crippen molar-refractivity contribution in [1.29, 1.82) is 0 Å². The minimum atomic E-state index is -0.500. The number of nitrogens with one attached hydrogen (secondary N) is 1. The van der Waals surface area contributed by atoms with Crippen molar-refractivity contribution in [3.8, 4) is 11.3 Å². The molecule has 0 radical (unpaired) electrons. The fraction of sp³-hybridized carbons (Fsp3) is 0.450. The third-order valence-electron chi connectivity index (χ3n) is 4.64. The minimum absolute atomic E-state index is 0.266. The Bertz CT molecular complexity index is 885. The lowest BCUT2D eigenvalue weighted by Crippen LogP contribution is -2.19. The number of amides is 1. The number of unbranched alkanes of at least 4 members (excludes halogenated alkanes) is 1. The second-order valence-corrected chi connectivity index (χ2v) is 7.59. The molecule has 0 saturated carbocycles. The molecule has 3 aromatic rings. The van der Waals surface area contributed by atoms with E-state index in [9.17, 15) is 4.79 Å². The van der Waals surface area contributed by atoms with Crippen LogP contribution in [0.2, 0.25) is 0 Å². The van der Waals surface area contributed by atoms with E-state index in [1.54, 1.807) is 4.52 Å². The molecule has 0 spiro atoms. The van der Waals surface area contributed by atoms with Gasteiger partial charge in [-0.2, -0.15) is 4.98 Å². The first-order chi connectivity index (χ1) is 13.1. The number of nitrogens with zero attached hydrogens (tertiary/aromatic N) is 3. The Hall–Kier alpha value is -2.41. The number of anilines is 1. The van der Waals surface area contributed by atoms with E-state index in [-0.39, 0.29) is 5.95 Å². The van der Waals surface area contributed by atoms with Gasteiger partial charge in [0, 0.05) is 10.9 Å². The molecule has 27 heavy (non-hydrogen) atoms. The van der Waals surface area contributed by atoms with Gasteiger partial charge in [-0.05, 0) is 19.3 Å². The predicted molar refractivity (Wildman–Crippen MR) is 109 cm³/mol. The van der Waals surface area contributed by atoms with Crippen LogP contribution < -0.4 is 5.32 Å². The fourth-order valence-electron chi connectivity index (χ4n) is 2.88. The molecule has 0 saturated heterocycles. The molecule has 0 bridgehead atoms. The first-order valence-corrected chi connectivity index (χ1v) is 10.3. The number of hydrogen-bond acceptors (Lipinski definition) is 5. The number of hydrogen-bond donors (Lipinski definition) is 1. The van der Waals surface area contributed by atoms with Gasteiger partial charge in [0.25, 0.3) is 5.95 Å². The summed E-state index contributed by atoms with van der Waals surface area (Å²) in [5.41, 5.74) is 3.22. The zero-order chi connectivity index (χ0) is 19.2. The third-order valence-corrected chi connectivity index (χ3v) is 5.45. The van der Waals surface area contributed by atoms with Gasteiger partial charge in [0.2, 0.25) is 4.96 Å². The van der Waals surface area contributed by atoms with Crippen molar-refractivity contribution >= 4 is 28.3 Å². The molecule has 1 aromatic carbocycles. The second kappa shape index (κ2) is 8.99. The number of rotatable bonds is 8. The van der Waals surface area contributed by atoms with Crippen LogP contribution in [0.5, 0.6) is 0 Å². The van der Waals surface area contributed by atoms with Crippen molar-refractivity contribution in [2.75, 3.05) is 11.9 Å². The van der Waals surface area contributed by atoms with Crippen molar-refractivity contribution in [1.82, 2.24) is 14.6 Å². The number of benzene rings is 1. The van der Waals surface area contributed by atoms with Gasteiger partial charge >= 0.3 is 6.09 Å². The summed E-state index contributed by atoms with van der Waals surface area (Å²) < 4.78 is 7.11. The number of ether oxygens (including phenoxy) is 1. The number of aromatic nitrogens is 3. The summed E-state index contributed by atoms with van der Waals surface area (Å²) in [7, 11) is 0. The second-order valence-electron chi connectivity index (χ2n) is 6.76. The zero-order valence-electron chi connectivity index (χ0n) is 16.1. The van der Waals surface area contributed by atoms with E-state index in [1.807, 2.05) is 5.38 Å². The minimum Gasteiger partial charge on any atom is -0.449 e. The average molecular weight is 387 g/mol. The number of carbonyl (C=O) groups excluding carboxylic acids is 1. The van der Waals surface area contributed by atoms with Crippen LogP contribution in [0.4, 0.5) is 10.7 Å². The number of fused-ring (bicyclic) bond motifs is 1. The van der Waals surface area contributed by atoms with Crippen molar-refractivity contribution in [3.63, 3.8) is 0 Å². The van der Waals surface area contributed by atoms with Crippen LogP contribution in [0.25, 0.3) is 16.2 Å². The lowest BCUT2D eigenvalue weighted by Gasteiger charge is -2.14. The topological polar surface area (TPSA) is 68.5 Å². The van der Waals surface area contributed by atoms with E-state index in [4.69, 9.17) is 4.74 Å². The molecule has 6 nitrogen and oxygen atoms in total. The normalized spacial score (nSPS) is 12.3. The zero-order valence-corrected chi connectivity index (χ0v) is 16.9. The highest BCUT2D eigenvalue weighted by Crippen LogP contribution is 2.26. The number of carbonyl (C=O) groups is 1. The van der Waals surface area contributed by atoms with Gasteiger partial charge in [-0.15, -0.1) is 16.4 Å². The molecule has 0 fully saturated rings. The molecule has 1 unspecified atom stereocenters. The van der Waals surface area contributed by atoms with Crippen LogP contribution in [0.15, 0.2) is 29.6 Å². The predicted octanol–water partition coefficient (Wildman–Crippen LogP) is 5.53. The number of aryl methyl sites for hydroxylation is 1. The van der Waals surface area contributed by atoms with Crippen molar-refractivity contribution in [2.24, 2.45) is 5.92 Å². The SMILES string of the molecule is CCCCC(CC)COC(=O)Nc1nc2scc(-c3ccc(C)cc3)n2n1.